The van der Waals surface area contributed by atoms with Gasteiger partial charge in [0.1, 0.15) is 48.7 Å². The number of sulfonamides is 1. The molecule has 0 saturated heterocycles. The predicted octanol–water partition coefficient (Wildman–Crippen LogP) is 2.63. The largest absolute Gasteiger partial charge is 0.497 e. The van der Waals surface area contributed by atoms with Crippen LogP contribution in [0, 0.1) is 0 Å². The molecule has 34 heavy (non-hydrogen) atoms. The van der Waals surface area contributed by atoms with E-state index >= 15 is 0 Å². The maximum Gasteiger partial charge on any atom is 0.263 e. The Labute approximate surface area is 201 Å². The van der Waals surface area contributed by atoms with Crippen LogP contribution in [0.25, 0.3) is 0 Å². The van der Waals surface area contributed by atoms with E-state index in [9.17, 15) is 8.42 Å². The van der Waals surface area contributed by atoms with Crippen LogP contribution in [0.2, 0.25) is 5.02 Å². The number of rotatable bonds is 9. The Morgan fingerprint density at radius 1 is 1.26 bits per heavy atom. The van der Waals surface area contributed by atoms with Crippen molar-refractivity contribution in [2.24, 2.45) is 0 Å². The van der Waals surface area contributed by atoms with E-state index in [1.165, 1.54) is 19.3 Å². The third kappa shape index (κ3) is 5.29. The first kappa shape index (κ1) is 23.9. The number of hydrogen-bond donors (Lipinski definition) is 2. The number of aliphatic hydroxyl groups is 1. The molecule has 182 valence electrons. The van der Waals surface area contributed by atoms with E-state index in [2.05, 4.69) is 14.7 Å². The Morgan fingerprint density at radius 3 is 2.88 bits per heavy atom. The molecule has 1 aliphatic heterocycles. The molecule has 1 aliphatic carbocycles. The van der Waals surface area contributed by atoms with Crippen LogP contribution in [0.4, 0.5) is 5.82 Å². The molecule has 2 heterocycles. The number of hydrogen-bond acceptors (Lipinski definition) is 10. The lowest BCUT2D eigenvalue weighted by Gasteiger charge is -2.26. The summed E-state index contributed by atoms with van der Waals surface area (Å²) in [6, 6.07) is 4.71. The van der Waals surface area contributed by atoms with Crippen LogP contribution in [0.5, 0.6) is 23.1 Å². The van der Waals surface area contributed by atoms with E-state index in [0.29, 0.717) is 30.5 Å². The number of nitrogens with zero attached hydrogens (tertiary/aromatic N) is 2. The summed E-state index contributed by atoms with van der Waals surface area (Å²) in [7, 11) is -2.52. The molecular formula is C21H22ClN3O8S. The Kier molecular flexibility index (Phi) is 7.29. The van der Waals surface area contributed by atoms with Gasteiger partial charge in [0.05, 0.1) is 18.7 Å². The molecule has 1 unspecified atom stereocenters. The molecule has 2 aromatic rings. The van der Waals surface area contributed by atoms with E-state index in [0.717, 1.165) is 6.33 Å². The van der Waals surface area contributed by atoms with Crippen molar-refractivity contribution in [2.45, 2.75) is 11.7 Å². The zero-order chi connectivity index (χ0) is 24.1. The van der Waals surface area contributed by atoms with Crippen molar-refractivity contribution >= 4 is 27.4 Å². The molecule has 13 heteroatoms. The number of aliphatic hydroxyl groups excluding tert-OH is 1. The van der Waals surface area contributed by atoms with Gasteiger partial charge in [-0.2, -0.15) is 4.98 Å². The zero-order valence-corrected chi connectivity index (χ0v) is 19.6. The average Bonchev–Trinajstić information content (AvgIpc) is 2.85. The minimum absolute atomic E-state index is 0.0890. The number of halogens is 1. The number of nitrogens with one attached hydrogen (secondary N) is 1. The maximum absolute atomic E-state index is 13.2. The number of anilines is 1. The van der Waals surface area contributed by atoms with Gasteiger partial charge in [-0.25, -0.2) is 13.4 Å². The van der Waals surface area contributed by atoms with E-state index in [4.69, 9.17) is 40.4 Å². The van der Waals surface area contributed by atoms with Crippen LogP contribution >= 0.6 is 11.6 Å². The molecule has 0 spiro atoms. The highest BCUT2D eigenvalue weighted by molar-refractivity contribution is 7.93. The molecule has 1 atom stereocenters. The highest BCUT2D eigenvalue weighted by atomic mass is 35.5. The van der Waals surface area contributed by atoms with Gasteiger partial charge in [0.15, 0.2) is 11.6 Å². The van der Waals surface area contributed by atoms with Crippen molar-refractivity contribution in [1.29, 1.82) is 0 Å². The minimum atomic E-state index is -4.00. The lowest BCUT2D eigenvalue weighted by Crippen LogP contribution is -2.31. The second-order valence-corrected chi connectivity index (χ2v) is 9.37. The monoisotopic (exact) mass is 511 g/mol. The quantitative estimate of drug-likeness (QED) is 0.516. The normalized spacial score (nSPS) is 17.3. The van der Waals surface area contributed by atoms with Crippen LogP contribution < -0.4 is 18.9 Å². The first-order valence-corrected chi connectivity index (χ1v) is 12.1. The molecule has 4 rings (SSSR count). The molecule has 1 aromatic carbocycles. The van der Waals surface area contributed by atoms with Crippen LogP contribution in [-0.2, 0) is 19.5 Å². The van der Waals surface area contributed by atoms with Crippen molar-refractivity contribution in [3.05, 3.63) is 53.2 Å². The summed E-state index contributed by atoms with van der Waals surface area (Å²) in [5, 5.41) is 8.43. The Balaban J connectivity index is 1.65. The molecule has 11 nitrogen and oxygen atoms in total. The zero-order valence-electron chi connectivity index (χ0n) is 18.1. The number of benzene rings is 1. The lowest BCUT2D eigenvalue weighted by atomic mass is 10.1. The summed E-state index contributed by atoms with van der Waals surface area (Å²) < 4.78 is 56.4. The van der Waals surface area contributed by atoms with E-state index in [1.54, 1.807) is 18.2 Å². The Morgan fingerprint density at radius 2 is 2.09 bits per heavy atom. The van der Waals surface area contributed by atoms with Gasteiger partial charge in [-0.1, -0.05) is 17.7 Å². The van der Waals surface area contributed by atoms with Crippen molar-refractivity contribution < 1.29 is 37.2 Å². The van der Waals surface area contributed by atoms with Crippen LogP contribution in [-0.4, -0.2) is 62.3 Å². The van der Waals surface area contributed by atoms with Gasteiger partial charge in [-0.05, 0) is 18.2 Å². The number of aromatic nitrogens is 2. The fourth-order valence-electron chi connectivity index (χ4n) is 3.20. The maximum atomic E-state index is 13.2. The lowest BCUT2D eigenvalue weighted by molar-refractivity contribution is 0.0633. The van der Waals surface area contributed by atoms with Crippen molar-refractivity contribution in [1.82, 2.24) is 9.97 Å². The van der Waals surface area contributed by atoms with Crippen LogP contribution in [0.3, 0.4) is 0 Å². The van der Waals surface area contributed by atoms with Gasteiger partial charge in [-0.15, -0.1) is 0 Å². The van der Waals surface area contributed by atoms with Gasteiger partial charge >= 0.3 is 0 Å². The van der Waals surface area contributed by atoms with Crippen molar-refractivity contribution in [3.63, 3.8) is 0 Å². The summed E-state index contributed by atoms with van der Waals surface area (Å²) in [6.07, 6.45) is 4.29. The number of allylic oxidation sites excluding steroid dienone is 2. The molecular weight excluding hydrogens is 490 g/mol. The Hall–Kier alpha value is -3.22. The van der Waals surface area contributed by atoms with E-state index < -0.39 is 15.3 Å². The smallest absolute Gasteiger partial charge is 0.263 e. The summed E-state index contributed by atoms with van der Waals surface area (Å²) in [5.41, 5.74) is 0. The molecule has 0 amide bonds. The number of ether oxygens (including phenoxy) is 5. The molecule has 2 N–H and O–H groups in total. The second-order valence-electron chi connectivity index (χ2n) is 7.06. The summed E-state index contributed by atoms with van der Waals surface area (Å²) in [4.78, 5) is 8.05. The second kappa shape index (κ2) is 10.4. The van der Waals surface area contributed by atoms with Gasteiger partial charge in [0, 0.05) is 12.5 Å². The van der Waals surface area contributed by atoms with Crippen molar-refractivity contribution in [3.8, 4) is 23.1 Å². The SMILES string of the molecule is COc1ccc(Cl)c(Oc2c(NS(=O)(=O)C3C=CC4=C(C3)OCCO4)ncnc2OCCO)c1. The topological polar surface area (TPSA) is 138 Å². The van der Waals surface area contributed by atoms with Crippen molar-refractivity contribution in [2.75, 3.05) is 38.3 Å². The highest BCUT2D eigenvalue weighted by Gasteiger charge is 2.32. The molecule has 0 saturated carbocycles. The minimum Gasteiger partial charge on any atom is -0.497 e. The van der Waals surface area contributed by atoms with E-state index in [-0.39, 0.29) is 47.9 Å². The molecule has 0 radical (unpaired) electrons. The third-order valence-electron chi connectivity index (χ3n) is 4.83. The Bertz CT molecular complexity index is 1220. The van der Waals surface area contributed by atoms with E-state index in [1.807, 2.05) is 0 Å². The molecule has 0 bridgehead atoms. The highest BCUT2D eigenvalue weighted by Crippen LogP contribution is 2.40. The predicted molar refractivity (Wildman–Crippen MR) is 122 cm³/mol. The van der Waals surface area contributed by atoms with Gasteiger partial charge in [0.2, 0.25) is 15.8 Å². The van der Waals surface area contributed by atoms with Crippen LogP contribution in [0.15, 0.2) is 48.2 Å². The standard InChI is InChI=1S/C21H22ClN3O8S/c1-29-13-2-4-15(22)17(10-13)33-19-20(23-12-24-21(19)32-7-6-26)25-34(27,28)14-3-5-16-18(11-14)31-9-8-30-16/h2-5,10,12,14,26H,6-9,11H2,1H3,(H,23,24,25). The number of methoxy groups -OCH3 is 1. The average molecular weight is 512 g/mol. The third-order valence-corrected chi connectivity index (χ3v) is 6.74. The summed E-state index contributed by atoms with van der Waals surface area (Å²) in [6.45, 7) is 0.357. The summed E-state index contributed by atoms with van der Waals surface area (Å²) >= 11 is 6.25. The van der Waals surface area contributed by atoms with Gasteiger partial charge in [0.25, 0.3) is 5.88 Å². The first-order valence-electron chi connectivity index (χ1n) is 10.2. The summed E-state index contributed by atoms with van der Waals surface area (Å²) in [5.74, 6) is 1.22. The fraction of sp³-hybridized carbons (Fsp3) is 0.333. The fourth-order valence-corrected chi connectivity index (χ4v) is 4.58. The van der Waals surface area contributed by atoms with Crippen LogP contribution in [0.1, 0.15) is 6.42 Å². The van der Waals surface area contributed by atoms with Gasteiger partial charge < -0.3 is 28.8 Å². The molecule has 2 aliphatic rings. The molecule has 1 aromatic heterocycles. The van der Waals surface area contributed by atoms with Gasteiger partial charge in [-0.3, -0.25) is 4.72 Å². The molecule has 0 fully saturated rings. The first-order chi connectivity index (χ1) is 16.4.